The lowest BCUT2D eigenvalue weighted by Crippen LogP contribution is -2.48. The fourth-order valence-electron chi connectivity index (χ4n) is 6.65. The number of benzene rings is 2. The first-order valence-electron chi connectivity index (χ1n) is 13.4. The molecule has 188 valence electrons. The number of nitrogens with zero attached hydrogens (tertiary/aromatic N) is 2. The first kappa shape index (κ1) is 24.1. The van der Waals surface area contributed by atoms with E-state index in [1.165, 1.54) is 62.6 Å². The van der Waals surface area contributed by atoms with E-state index in [2.05, 4.69) is 16.3 Å². The molecule has 0 radical (unpaired) electrons. The number of hydrogen-bond donors (Lipinski definition) is 2. The van der Waals surface area contributed by atoms with Crippen LogP contribution in [-0.4, -0.2) is 52.7 Å². The summed E-state index contributed by atoms with van der Waals surface area (Å²) < 4.78 is 13.7. The van der Waals surface area contributed by atoms with Gasteiger partial charge in [-0.3, -0.25) is 4.90 Å². The van der Waals surface area contributed by atoms with E-state index in [9.17, 15) is 14.3 Å². The van der Waals surface area contributed by atoms with E-state index in [1.54, 1.807) is 18.2 Å². The van der Waals surface area contributed by atoms with E-state index >= 15 is 0 Å². The zero-order valence-corrected chi connectivity index (χ0v) is 20.5. The van der Waals surface area contributed by atoms with E-state index in [0.717, 1.165) is 25.9 Å². The monoisotopic (exact) mass is 479 g/mol. The molecule has 3 atom stereocenters. The Kier molecular flexibility index (Phi) is 7.57. The minimum absolute atomic E-state index is 0.122. The van der Waals surface area contributed by atoms with Crippen LogP contribution in [0.1, 0.15) is 69.3 Å². The third-order valence-corrected chi connectivity index (χ3v) is 8.42. The number of rotatable bonds is 7. The number of aromatic hydroxyl groups is 1. The van der Waals surface area contributed by atoms with Crippen LogP contribution in [-0.2, 0) is 0 Å². The highest BCUT2D eigenvalue weighted by molar-refractivity contribution is 5.89. The lowest BCUT2D eigenvalue weighted by atomic mass is 9.85. The lowest BCUT2D eigenvalue weighted by Gasteiger charge is -2.40. The summed E-state index contributed by atoms with van der Waals surface area (Å²) in [6.07, 6.45) is 10.8. The van der Waals surface area contributed by atoms with Gasteiger partial charge in [-0.2, -0.15) is 0 Å². The van der Waals surface area contributed by atoms with Gasteiger partial charge in [0.2, 0.25) is 0 Å². The first-order valence-corrected chi connectivity index (χ1v) is 13.4. The molecule has 6 heteroatoms. The predicted molar refractivity (Wildman–Crippen MR) is 137 cm³/mol. The normalized spacial score (nSPS) is 24.9. The maximum absolute atomic E-state index is 13.7. The van der Waals surface area contributed by atoms with Crippen molar-refractivity contribution >= 4 is 11.7 Å². The Morgan fingerprint density at radius 1 is 1.00 bits per heavy atom. The van der Waals surface area contributed by atoms with Gasteiger partial charge in [-0.25, -0.2) is 9.18 Å². The van der Waals surface area contributed by atoms with Crippen molar-refractivity contribution in [3.8, 4) is 5.75 Å². The van der Waals surface area contributed by atoms with Gasteiger partial charge in [0.25, 0.3) is 0 Å². The number of piperidine rings is 1. The Hall–Kier alpha value is -2.60. The van der Waals surface area contributed by atoms with Gasteiger partial charge in [-0.1, -0.05) is 37.5 Å². The molecule has 2 bridgehead atoms. The van der Waals surface area contributed by atoms with Crippen LogP contribution in [0.25, 0.3) is 0 Å². The summed E-state index contributed by atoms with van der Waals surface area (Å²) in [7, 11) is 0. The zero-order valence-electron chi connectivity index (χ0n) is 20.5. The van der Waals surface area contributed by atoms with Crippen molar-refractivity contribution in [2.45, 2.75) is 75.8 Å². The highest BCUT2D eigenvalue weighted by Crippen LogP contribution is 2.43. The quantitative estimate of drug-likeness (QED) is 0.486. The van der Waals surface area contributed by atoms with E-state index < -0.39 is 0 Å². The van der Waals surface area contributed by atoms with Gasteiger partial charge in [0.15, 0.2) is 0 Å². The number of carbonyl (C=O) groups is 1. The topological polar surface area (TPSA) is 55.8 Å². The average molecular weight is 480 g/mol. The first-order chi connectivity index (χ1) is 17.0. The number of carbonyl (C=O) groups excluding carboxylic acids is 1. The molecule has 2 heterocycles. The van der Waals surface area contributed by atoms with Crippen LogP contribution < -0.4 is 5.32 Å². The van der Waals surface area contributed by atoms with Crippen molar-refractivity contribution in [1.29, 1.82) is 0 Å². The number of nitrogens with one attached hydrogen (secondary N) is 1. The molecule has 2 aromatic carbocycles. The predicted octanol–water partition coefficient (Wildman–Crippen LogP) is 6.36. The number of urea groups is 1. The SMILES string of the molecule is O=C(Nc1cccc(F)c1)N(CCN1[C@@H]2CC[C@H]1CC(c1cccc(O)c1)C2)CC1CCCCC1. The van der Waals surface area contributed by atoms with Gasteiger partial charge in [0, 0.05) is 37.4 Å². The van der Waals surface area contributed by atoms with E-state index in [1.807, 2.05) is 17.0 Å². The molecule has 2 amide bonds. The second-order valence-electron chi connectivity index (χ2n) is 10.8. The summed E-state index contributed by atoms with van der Waals surface area (Å²) in [5.74, 6) is 1.05. The second kappa shape index (κ2) is 11.0. The summed E-state index contributed by atoms with van der Waals surface area (Å²) in [6, 6.07) is 14.8. The summed E-state index contributed by atoms with van der Waals surface area (Å²) in [5.41, 5.74) is 1.76. The van der Waals surface area contributed by atoms with Crippen molar-refractivity contribution in [3.05, 3.63) is 59.9 Å². The van der Waals surface area contributed by atoms with E-state index in [0.29, 0.717) is 41.9 Å². The Labute approximate surface area is 208 Å². The third kappa shape index (κ3) is 5.97. The smallest absolute Gasteiger partial charge is 0.321 e. The summed E-state index contributed by atoms with van der Waals surface area (Å²) in [4.78, 5) is 17.9. The Bertz CT molecular complexity index is 995. The fraction of sp³-hybridized carbons (Fsp3) is 0.552. The van der Waals surface area contributed by atoms with Crippen LogP contribution in [0.4, 0.5) is 14.9 Å². The molecule has 0 aromatic heterocycles. The van der Waals surface area contributed by atoms with Gasteiger partial charge in [0.1, 0.15) is 11.6 Å². The number of phenols is 1. The summed E-state index contributed by atoms with van der Waals surface area (Å²) in [5, 5.41) is 12.9. The number of hydrogen-bond acceptors (Lipinski definition) is 3. The van der Waals surface area contributed by atoms with Crippen molar-refractivity contribution in [2.24, 2.45) is 5.92 Å². The van der Waals surface area contributed by atoms with Crippen molar-refractivity contribution in [2.75, 3.05) is 25.0 Å². The zero-order chi connectivity index (χ0) is 24.2. The minimum atomic E-state index is -0.340. The number of halogens is 1. The fourth-order valence-corrected chi connectivity index (χ4v) is 6.65. The van der Waals surface area contributed by atoms with Crippen molar-refractivity contribution in [1.82, 2.24) is 9.80 Å². The van der Waals surface area contributed by atoms with Gasteiger partial charge in [0.05, 0.1) is 0 Å². The number of anilines is 1. The van der Waals surface area contributed by atoms with Gasteiger partial charge >= 0.3 is 6.03 Å². The molecular weight excluding hydrogens is 441 g/mol. The molecule has 2 aliphatic heterocycles. The van der Waals surface area contributed by atoms with Crippen molar-refractivity contribution < 1.29 is 14.3 Å². The number of fused-ring (bicyclic) bond motifs is 2. The van der Waals surface area contributed by atoms with Crippen LogP contribution in [0.2, 0.25) is 0 Å². The van der Waals surface area contributed by atoms with Crippen LogP contribution in [0.3, 0.4) is 0 Å². The van der Waals surface area contributed by atoms with Crippen LogP contribution >= 0.6 is 0 Å². The number of phenolic OH excluding ortho intramolecular Hbond substituents is 1. The highest BCUT2D eigenvalue weighted by atomic mass is 19.1. The average Bonchev–Trinajstić information content (AvgIpc) is 3.08. The summed E-state index contributed by atoms with van der Waals surface area (Å²) >= 11 is 0. The molecule has 3 fully saturated rings. The standard InChI is InChI=1S/C29H38FN3O2/c30-24-9-5-10-25(19-24)31-29(35)32(20-21-6-2-1-3-7-21)14-15-33-26-12-13-27(33)17-23(16-26)22-8-4-11-28(34)18-22/h4-5,8-11,18-19,21,23,26-27,34H,1-3,6-7,12-17,20H2,(H,31,35)/t23?,26-,27+. The molecular formula is C29H38FN3O2. The Morgan fingerprint density at radius 3 is 2.46 bits per heavy atom. The van der Waals surface area contributed by atoms with Crippen LogP contribution in [0.15, 0.2) is 48.5 Å². The third-order valence-electron chi connectivity index (χ3n) is 8.42. The Morgan fingerprint density at radius 2 is 1.74 bits per heavy atom. The van der Waals surface area contributed by atoms with E-state index in [-0.39, 0.29) is 11.8 Å². The molecule has 1 aliphatic carbocycles. The maximum atomic E-state index is 13.7. The molecule has 5 rings (SSSR count). The lowest BCUT2D eigenvalue weighted by molar-refractivity contribution is 0.108. The van der Waals surface area contributed by atoms with Gasteiger partial charge in [-0.05, 0) is 86.3 Å². The largest absolute Gasteiger partial charge is 0.508 e. The Balaban J connectivity index is 1.23. The van der Waals surface area contributed by atoms with Crippen LogP contribution in [0, 0.1) is 11.7 Å². The van der Waals surface area contributed by atoms with Gasteiger partial charge in [-0.15, -0.1) is 0 Å². The molecule has 2 saturated heterocycles. The molecule has 1 unspecified atom stereocenters. The molecule has 35 heavy (non-hydrogen) atoms. The van der Waals surface area contributed by atoms with E-state index in [4.69, 9.17) is 0 Å². The molecule has 0 spiro atoms. The molecule has 2 N–H and O–H groups in total. The van der Waals surface area contributed by atoms with Crippen molar-refractivity contribution in [3.63, 3.8) is 0 Å². The van der Waals surface area contributed by atoms with Gasteiger partial charge < -0.3 is 15.3 Å². The molecule has 2 aromatic rings. The maximum Gasteiger partial charge on any atom is 0.321 e. The number of amides is 2. The highest BCUT2D eigenvalue weighted by Gasteiger charge is 2.41. The van der Waals surface area contributed by atoms with Crippen LogP contribution in [0.5, 0.6) is 5.75 Å². The summed E-state index contributed by atoms with van der Waals surface area (Å²) in [6.45, 7) is 2.35. The molecule has 5 nitrogen and oxygen atoms in total. The minimum Gasteiger partial charge on any atom is -0.508 e. The molecule has 1 saturated carbocycles. The second-order valence-corrected chi connectivity index (χ2v) is 10.8. The molecule has 3 aliphatic rings.